The fourth-order valence-corrected chi connectivity index (χ4v) is 4.72. The highest BCUT2D eigenvalue weighted by Crippen LogP contribution is 2.46. The van der Waals surface area contributed by atoms with Crippen LogP contribution < -0.4 is 5.32 Å². The molecule has 2 aromatic carbocycles. The van der Waals surface area contributed by atoms with Gasteiger partial charge in [-0.15, -0.1) is 11.3 Å². The van der Waals surface area contributed by atoms with E-state index >= 15 is 0 Å². The fraction of sp³-hybridized carbons (Fsp3) is 0.261. The van der Waals surface area contributed by atoms with Crippen LogP contribution in [0.2, 0.25) is 0 Å². The number of hydrogen-bond donors (Lipinski definition) is 1. The number of carbonyl (C=O) groups is 1. The average molecular weight is 362 g/mol. The molecule has 2 heterocycles. The van der Waals surface area contributed by atoms with Crippen LogP contribution in [0.5, 0.6) is 0 Å². The van der Waals surface area contributed by atoms with Crippen molar-refractivity contribution in [3.63, 3.8) is 0 Å². The molecule has 0 bridgehead atoms. The Hall–Kier alpha value is -2.39. The molecule has 26 heavy (non-hydrogen) atoms. The number of aryl methyl sites for hydroxylation is 1. The van der Waals surface area contributed by atoms with Crippen molar-refractivity contribution in [2.75, 3.05) is 5.32 Å². The van der Waals surface area contributed by atoms with Crippen molar-refractivity contribution >= 4 is 22.9 Å². The average Bonchev–Trinajstić information content (AvgIpc) is 3.05. The number of nitrogens with one attached hydrogen (secondary N) is 1. The molecule has 1 aliphatic heterocycles. The van der Waals surface area contributed by atoms with Gasteiger partial charge < -0.3 is 5.32 Å². The standard InChI is InChI=1S/C23H23NOS/c1-14(2)16-8-10-17(11-9-16)19-12-21(25)24-22-20(13-26-23(19)22)18-6-4-15(3)5-7-18/h4-11,13-14,19H,12H2,1-3H3,(H,24,25)/t19-/m1/s1. The van der Waals surface area contributed by atoms with Crippen molar-refractivity contribution in [2.45, 2.75) is 39.0 Å². The van der Waals surface area contributed by atoms with Gasteiger partial charge >= 0.3 is 0 Å². The van der Waals surface area contributed by atoms with Gasteiger partial charge in [0.15, 0.2) is 0 Å². The van der Waals surface area contributed by atoms with Crippen LogP contribution in [0.15, 0.2) is 53.9 Å². The first-order valence-electron chi connectivity index (χ1n) is 9.11. The molecule has 132 valence electrons. The normalized spacial score (nSPS) is 16.5. The maximum Gasteiger partial charge on any atom is 0.225 e. The van der Waals surface area contributed by atoms with Gasteiger partial charge in [0.1, 0.15) is 0 Å². The number of benzene rings is 2. The zero-order chi connectivity index (χ0) is 18.3. The van der Waals surface area contributed by atoms with Crippen LogP contribution in [0.25, 0.3) is 11.1 Å². The summed E-state index contributed by atoms with van der Waals surface area (Å²) in [5, 5.41) is 5.30. The molecule has 0 saturated carbocycles. The third-order valence-electron chi connectivity index (χ3n) is 5.16. The Kier molecular flexibility index (Phi) is 4.41. The number of thiophene rings is 1. The summed E-state index contributed by atoms with van der Waals surface area (Å²) >= 11 is 1.75. The first-order chi connectivity index (χ1) is 12.5. The molecule has 4 rings (SSSR count). The molecule has 1 aromatic heterocycles. The lowest BCUT2D eigenvalue weighted by Crippen LogP contribution is -2.22. The number of hydrogen-bond acceptors (Lipinski definition) is 2. The molecule has 1 atom stereocenters. The third-order valence-corrected chi connectivity index (χ3v) is 6.25. The van der Waals surface area contributed by atoms with E-state index in [-0.39, 0.29) is 11.8 Å². The molecule has 1 amide bonds. The summed E-state index contributed by atoms with van der Waals surface area (Å²) in [6, 6.07) is 17.3. The molecular formula is C23H23NOS. The molecule has 1 aliphatic rings. The van der Waals surface area contributed by atoms with Gasteiger partial charge in [-0.3, -0.25) is 4.79 Å². The van der Waals surface area contributed by atoms with Crippen LogP contribution in [0.3, 0.4) is 0 Å². The molecule has 0 radical (unpaired) electrons. The van der Waals surface area contributed by atoms with E-state index in [2.05, 4.69) is 80.0 Å². The first kappa shape index (κ1) is 17.0. The van der Waals surface area contributed by atoms with Crippen molar-refractivity contribution < 1.29 is 4.79 Å². The molecule has 0 saturated heterocycles. The Morgan fingerprint density at radius 2 is 1.73 bits per heavy atom. The second-order valence-electron chi connectivity index (χ2n) is 7.38. The van der Waals surface area contributed by atoms with Gasteiger partial charge in [0, 0.05) is 28.2 Å². The monoisotopic (exact) mass is 361 g/mol. The highest BCUT2D eigenvalue weighted by Gasteiger charge is 2.30. The fourth-order valence-electron chi connectivity index (χ4n) is 3.55. The van der Waals surface area contributed by atoms with Gasteiger partial charge in [-0.2, -0.15) is 0 Å². The minimum absolute atomic E-state index is 0.0993. The second-order valence-corrected chi connectivity index (χ2v) is 8.29. The summed E-state index contributed by atoms with van der Waals surface area (Å²) in [6.45, 7) is 6.49. The van der Waals surface area contributed by atoms with Crippen molar-refractivity contribution in [2.24, 2.45) is 0 Å². The molecule has 3 heteroatoms. The largest absolute Gasteiger partial charge is 0.325 e. The summed E-state index contributed by atoms with van der Waals surface area (Å²) in [5.41, 5.74) is 7.08. The summed E-state index contributed by atoms with van der Waals surface area (Å²) in [7, 11) is 0. The molecule has 0 spiro atoms. The summed E-state index contributed by atoms with van der Waals surface area (Å²) < 4.78 is 0. The number of amides is 1. The quantitative estimate of drug-likeness (QED) is 0.581. The Balaban J connectivity index is 1.74. The molecule has 0 fully saturated rings. The van der Waals surface area contributed by atoms with E-state index in [9.17, 15) is 4.79 Å². The van der Waals surface area contributed by atoms with Crippen LogP contribution >= 0.6 is 11.3 Å². The van der Waals surface area contributed by atoms with Crippen LogP contribution in [0, 0.1) is 6.92 Å². The topological polar surface area (TPSA) is 29.1 Å². The van der Waals surface area contributed by atoms with Crippen molar-refractivity contribution in [1.82, 2.24) is 0 Å². The summed E-state index contributed by atoms with van der Waals surface area (Å²) in [4.78, 5) is 13.7. The maximum atomic E-state index is 12.4. The van der Waals surface area contributed by atoms with Gasteiger partial charge in [0.2, 0.25) is 5.91 Å². The number of fused-ring (bicyclic) bond motifs is 1. The second kappa shape index (κ2) is 6.73. The highest BCUT2D eigenvalue weighted by atomic mass is 32.1. The lowest BCUT2D eigenvalue weighted by Gasteiger charge is -2.24. The predicted molar refractivity (Wildman–Crippen MR) is 110 cm³/mol. The van der Waals surface area contributed by atoms with E-state index in [1.54, 1.807) is 11.3 Å². The van der Waals surface area contributed by atoms with E-state index in [0.717, 1.165) is 16.8 Å². The molecule has 1 N–H and O–H groups in total. The minimum atomic E-state index is 0.0993. The third kappa shape index (κ3) is 3.08. The van der Waals surface area contributed by atoms with Gasteiger partial charge in [-0.1, -0.05) is 67.9 Å². The van der Waals surface area contributed by atoms with E-state index < -0.39 is 0 Å². The van der Waals surface area contributed by atoms with Crippen molar-refractivity contribution in [3.05, 3.63) is 75.5 Å². The van der Waals surface area contributed by atoms with Crippen LogP contribution in [0.1, 0.15) is 53.7 Å². The number of rotatable bonds is 3. The summed E-state index contributed by atoms with van der Waals surface area (Å²) in [5.74, 6) is 0.760. The zero-order valence-electron chi connectivity index (χ0n) is 15.4. The van der Waals surface area contributed by atoms with E-state index in [4.69, 9.17) is 0 Å². The number of anilines is 1. The Morgan fingerprint density at radius 3 is 2.38 bits per heavy atom. The molecule has 3 aromatic rings. The van der Waals surface area contributed by atoms with Gasteiger partial charge in [0.25, 0.3) is 0 Å². The van der Waals surface area contributed by atoms with E-state index in [1.165, 1.54) is 21.6 Å². The zero-order valence-corrected chi connectivity index (χ0v) is 16.2. The van der Waals surface area contributed by atoms with Crippen molar-refractivity contribution in [3.8, 4) is 11.1 Å². The lowest BCUT2D eigenvalue weighted by atomic mass is 9.88. The Bertz CT molecular complexity index is 935. The minimum Gasteiger partial charge on any atom is -0.325 e. The Labute approximate surface area is 158 Å². The maximum absolute atomic E-state index is 12.4. The molecule has 2 nitrogen and oxygen atoms in total. The van der Waals surface area contributed by atoms with Gasteiger partial charge in [0.05, 0.1) is 5.69 Å². The Morgan fingerprint density at radius 1 is 1.04 bits per heavy atom. The molecule has 0 aliphatic carbocycles. The summed E-state index contributed by atoms with van der Waals surface area (Å²) in [6.07, 6.45) is 0.516. The van der Waals surface area contributed by atoms with Crippen LogP contribution in [-0.2, 0) is 4.79 Å². The van der Waals surface area contributed by atoms with Crippen LogP contribution in [0.4, 0.5) is 5.69 Å². The van der Waals surface area contributed by atoms with Crippen LogP contribution in [-0.4, -0.2) is 5.91 Å². The van der Waals surface area contributed by atoms with Crippen molar-refractivity contribution in [1.29, 1.82) is 0 Å². The van der Waals surface area contributed by atoms with E-state index in [1.807, 2.05) is 0 Å². The lowest BCUT2D eigenvalue weighted by molar-refractivity contribution is -0.116. The predicted octanol–water partition coefficient (Wildman–Crippen LogP) is 6.32. The van der Waals surface area contributed by atoms with Gasteiger partial charge in [-0.05, 0) is 29.5 Å². The van der Waals surface area contributed by atoms with E-state index in [0.29, 0.717) is 12.3 Å². The van der Waals surface area contributed by atoms with Gasteiger partial charge in [-0.25, -0.2) is 0 Å². The first-order valence-corrected chi connectivity index (χ1v) is 9.99. The highest BCUT2D eigenvalue weighted by molar-refractivity contribution is 7.11. The number of carbonyl (C=O) groups excluding carboxylic acids is 1. The molecule has 0 unspecified atom stereocenters. The SMILES string of the molecule is Cc1ccc(-c2csc3c2NC(=O)C[C@@H]3c2ccc(C(C)C)cc2)cc1. The smallest absolute Gasteiger partial charge is 0.225 e. The molecular weight excluding hydrogens is 338 g/mol.